The molecule has 0 saturated carbocycles. The molecule has 130 valence electrons. The van der Waals surface area contributed by atoms with E-state index in [1.807, 2.05) is 44.3 Å². The molecule has 2 heterocycles. The van der Waals surface area contributed by atoms with E-state index in [1.54, 1.807) is 17.2 Å². The molecule has 0 spiro atoms. The van der Waals surface area contributed by atoms with Gasteiger partial charge in [-0.25, -0.2) is 0 Å². The lowest BCUT2D eigenvalue weighted by Gasteiger charge is -2.18. The first-order chi connectivity index (χ1) is 12.2. The van der Waals surface area contributed by atoms with Gasteiger partial charge in [0.1, 0.15) is 5.76 Å². The maximum absolute atomic E-state index is 12.4. The molecule has 0 atom stereocenters. The lowest BCUT2D eigenvalue weighted by atomic mass is 10.1. The Morgan fingerprint density at radius 2 is 2.16 bits per heavy atom. The predicted octanol–water partition coefficient (Wildman–Crippen LogP) is 3.21. The summed E-state index contributed by atoms with van der Waals surface area (Å²) >= 11 is 0. The molecular formula is C19H21N3O3. The van der Waals surface area contributed by atoms with Gasteiger partial charge >= 0.3 is 0 Å². The Hall–Kier alpha value is -2.89. The summed E-state index contributed by atoms with van der Waals surface area (Å²) < 4.78 is 10.4. The molecule has 0 unspecified atom stereocenters. The number of hydrogen-bond donors (Lipinski definition) is 0. The molecule has 0 saturated heterocycles. The van der Waals surface area contributed by atoms with Gasteiger partial charge in [0, 0.05) is 44.1 Å². The Labute approximate surface area is 146 Å². The molecule has 6 heteroatoms. The van der Waals surface area contributed by atoms with E-state index in [-0.39, 0.29) is 5.91 Å². The Morgan fingerprint density at radius 1 is 1.28 bits per heavy atom. The molecule has 0 fully saturated rings. The van der Waals surface area contributed by atoms with Crippen LogP contribution in [0.1, 0.15) is 24.7 Å². The summed E-state index contributed by atoms with van der Waals surface area (Å²) in [6.45, 7) is 2.96. The Kier molecular flexibility index (Phi) is 5.28. The minimum absolute atomic E-state index is 0.0512. The summed E-state index contributed by atoms with van der Waals surface area (Å²) in [5.74, 6) is 1.16. The highest BCUT2D eigenvalue weighted by molar-refractivity contribution is 5.83. The average Bonchev–Trinajstić information content (AvgIpc) is 3.08. The van der Waals surface area contributed by atoms with E-state index in [2.05, 4.69) is 10.1 Å². The second-order valence-corrected chi connectivity index (χ2v) is 5.80. The zero-order chi connectivity index (χ0) is 17.6. The Balaban J connectivity index is 1.60. The largest absolute Gasteiger partial charge is 0.476 e. The van der Waals surface area contributed by atoms with Crippen LogP contribution in [-0.4, -0.2) is 34.6 Å². The third-order valence-corrected chi connectivity index (χ3v) is 3.98. The van der Waals surface area contributed by atoms with E-state index < -0.39 is 0 Å². The second kappa shape index (κ2) is 7.79. The van der Waals surface area contributed by atoms with Crippen molar-refractivity contribution in [3.63, 3.8) is 0 Å². The van der Waals surface area contributed by atoms with Gasteiger partial charge in [-0.3, -0.25) is 9.78 Å². The van der Waals surface area contributed by atoms with Crippen LogP contribution >= 0.6 is 0 Å². The fraction of sp³-hybridized carbons (Fsp3) is 0.316. The summed E-state index contributed by atoms with van der Waals surface area (Å²) in [7, 11) is 1.81. The van der Waals surface area contributed by atoms with Gasteiger partial charge in [-0.2, -0.15) is 0 Å². The summed E-state index contributed by atoms with van der Waals surface area (Å²) in [6, 6.07) is 11.6. The maximum atomic E-state index is 12.4. The first kappa shape index (κ1) is 17.0. The van der Waals surface area contributed by atoms with Gasteiger partial charge in [-0.15, -0.1) is 0 Å². The fourth-order valence-corrected chi connectivity index (χ4v) is 2.70. The van der Waals surface area contributed by atoms with E-state index in [0.29, 0.717) is 37.6 Å². The van der Waals surface area contributed by atoms with E-state index in [4.69, 9.17) is 9.26 Å². The first-order valence-electron chi connectivity index (χ1n) is 8.32. The highest BCUT2D eigenvalue weighted by Gasteiger charge is 2.13. The van der Waals surface area contributed by atoms with Crippen LogP contribution in [0, 0.1) is 0 Å². The maximum Gasteiger partial charge on any atom is 0.254 e. The van der Waals surface area contributed by atoms with Crippen LogP contribution < -0.4 is 4.74 Å². The molecule has 25 heavy (non-hydrogen) atoms. The topological polar surface area (TPSA) is 68.5 Å². The Morgan fingerprint density at radius 3 is 3.00 bits per heavy atom. The van der Waals surface area contributed by atoms with Gasteiger partial charge in [-0.1, -0.05) is 18.2 Å². The molecule has 0 radical (unpaired) electrons. The van der Waals surface area contributed by atoms with Crippen molar-refractivity contribution in [3.05, 3.63) is 53.9 Å². The highest BCUT2D eigenvalue weighted by atomic mass is 16.5. The average molecular weight is 339 g/mol. The zero-order valence-corrected chi connectivity index (χ0v) is 14.4. The number of amides is 1. The monoisotopic (exact) mass is 339 g/mol. The summed E-state index contributed by atoms with van der Waals surface area (Å²) in [4.78, 5) is 18.5. The van der Waals surface area contributed by atoms with Gasteiger partial charge in [-0.05, 0) is 29.8 Å². The molecule has 0 bridgehead atoms. The van der Waals surface area contributed by atoms with Crippen LogP contribution in [0.5, 0.6) is 5.88 Å². The van der Waals surface area contributed by atoms with Gasteiger partial charge in [0.25, 0.3) is 5.88 Å². The third kappa shape index (κ3) is 4.15. The van der Waals surface area contributed by atoms with Crippen molar-refractivity contribution in [2.75, 3.05) is 13.7 Å². The molecular weight excluding hydrogens is 318 g/mol. The Bertz CT molecular complexity index is 855. The lowest BCUT2D eigenvalue weighted by molar-refractivity contribution is -0.130. The summed E-state index contributed by atoms with van der Waals surface area (Å²) in [6.07, 6.45) is 2.63. The van der Waals surface area contributed by atoms with E-state index in [0.717, 1.165) is 16.5 Å². The molecule has 0 N–H and O–H groups in total. The number of pyridine rings is 1. The SMILES string of the molecule is CCOc1cc(CCC(=O)N(C)Cc2cccc3ncccc23)on1. The van der Waals surface area contributed by atoms with Crippen LogP contribution in [0.15, 0.2) is 47.1 Å². The number of rotatable bonds is 7. The van der Waals surface area contributed by atoms with Crippen molar-refractivity contribution < 1.29 is 14.1 Å². The number of ether oxygens (including phenoxy) is 1. The van der Waals surface area contributed by atoms with E-state index >= 15 is 0 Å². The number of aromatic nitrogens is 2. The van der Waals surface area contributed by atoms with Crippen molar-refractivity contribution >= 4 is 16.8 Å². The van der Waals surface area contributed by atoms with Crippen molar-refractivity contribution in [1.29, 1.82) is 0 Å². The molecule has 1 amide bonds. The second-order valence-electron chi connectivity index (χ2n) is 5.80. The van der Waals surface area contributed by atoms with Crippen molar-refractivity contribution in [1.82, 2.24) is 15.0 Å². The van der Waals surface area contributed by atoms with Crippen LogP contribution in [0.25, 0.3) is 10.9 Å². The number of hydrogen-bond acceptors (Lipinski definition) is 5. The number of carbonyl (C=O) groups is 1. The predicted molar refractivity (Wildman–Crippen MR) is 94.2 cm³/mol. The molecule has 6 nitrogen and oxygen atoms in total. The number of fused-ring (bicyclic) bond motifs is 1. The number of nitrogens with zero attached hydrogens (tertiary/aromatic N) is 3. The smallest absolute Gasteiger partial charge is 0.254 e. The molecule has 2 aromatic heterocycles. The highest BCUT2D eigenvalue weighted by Crippen LogP contribution is 2.18. The quantitative estimate of drug-likeness (QED) is 0.661. The summed E-state index contributed by atoms with van der Waals surface area (Å²) in [5.41, 5.74) is 2.02. The molecule has 0 aliphatic heterocycles. The van der Waals surface area contributed by atoms with Crippen LogP contribution in [-0.2, 0) is 17.8 Å². The molecule has 0 aliphatic rings. The number of carbonyl (C=O) groups excluding carboxylic acids is 1. The normalized spacial score (nSPS) is 10.8. The standard InChI is InChI=1S/C19H21N3O3/c1-3-24-18-12-15(25-21-18)9-10-19(23)22(2)13-14-6-4-8-17-16(14)7-5-11-20-17/h4-8,11-12H,3,9-10,13H2,1-2H3. The minimum Gasteiger partial charge on any atom is -0.476 e. The number of aryl methyl sites for hydroxylation is 1. The molecule has 3 aromatic rings. The zero-order valence-electron chi connectivity index (χ0n) is 14.4. The molecule has 3 rings (SSSR count). The van der Waals surface area contributed by atoms with Crippen molar-refractivity contribution in [2.24, 2.45) is 0 Å². The third-order valence-electron chi connectivity index (χ3n) is 3.98. The molecule has 1 aromatic carbocycles. The van der Waals surface area contributed by atoms with Crippen LogP contribution in [0.2, 0.25) is 0 Å². The lowest BCUT2D eigenvalue weighted by Crippen LogP contribution is -2.26. The van der Waals surface area contributed by atoms with Crippen molar-refractivity contribution in [2.45, 2.75) is 26.3 Å². The van der Waals surface area contributed by atoms with Gasteiger partial charge in [0.05, 0.1) is 12.1 Å². The van der Waals surface area contributed by atoms with Crippen molar-refractivity contribution in [3.8, 4) is 5.88 Å². The van der Waals surface area contributed by atoms with E-state index in [1.165, 1.54) is 0 Å². The van der Waals surface area contributed by atoms with Crippen LogP contribution in [0.4, 0.5) is 0 Å². The first-order valence-corrected chi connectivity index (χ1v) is 8.32. The summed E-state index contributed by atoms with van der Waals surface area (Å²) in [5, 5.41) is 4.87. The molecule has 0 aliphatic carbocycles. The van der Waals surface area contributed by atoms with Gasteiger partial charge in [0.15, 0.2) is 0 Å². The fourth-order valence-electron chi connectivity index (χ4n) is 2.70. The van der Waals surface area contributed by atoms with E-state index in [9.17, 15) is 4.79 Å². The minimum atomic E-state index is 0.0512. The number of benzene rings is 1. The van der Waals surface area contributed by atoms with Crippen LogP contribution in [0.3, 0.4) is 0 Å². The van der Waals surface area contributed by atoms with Gasteiger partial charge < -0.3 is 14.2 Å². The van der Waals surface area contributed by atoms with Gasteiger partial charge in [0.2, 0.25) is 5.91 Å².